The third-order valence-electron chi connectivity index (χ3n) is 3.63. The molecule has 3 aromatic rings. The number of nitrogens with two attached hydrogens (primary N) is 1. The molecule has 26 heavy (non-hydrogen) atoms. The highest BCUT2D eigenvalue weighted by Crippen LogP contribution is 2.23. The van der Waals surface area contributed by atoms with Crippen LogP contribution in [0.15, 0.2) is 54.6 Å². The molecule has 7 heteroatoms. The second kappa shape index (κ2) is 7.79. The smallest absolute Gasteiger partial charge is 0.316 e. The maximum Gasteiger partial charge on any atom is 0.316 e. The first-order valence-corrected chi connectivity index (χ1v) is 8.81. The fourth-order valence-electron chi connectivity index (χ4n) is 2.51. The summed E-state index contributed by atoms with van der Waals surface area (Å²) in [7, 11) is 0. The fraction of sp³-hybridized carbons (Fsp3) is 0.105. The van der Waals surface area contributed by atoms with E-state index in [1.807, 2.05) is 37.3 Å². The summed E-state index contributed by atoms with van der Waals surface area (Å²) in [6.07, 6.45) is 0.692. The molecule has 0 spiro atoms. The molecule has 1 heterocycles. The van der Waals surface area contributed by atoms with Crippen LogP contribution in [-0.2, 0) is 6.42 Å². The number of nitrogens with zero attached hydrogens (tertiary/aromatic N) is 1. The first-order valence-electron chi connectivity index (χ1n) is 7.99. The largest absolute Gasteiger partial charge is 0.351 e. The van der Waals surface area contributed by atoms with E-state index in [4.69, 9.17) is 5.73 Å². The Kier molecular flexibility index (Phi) is 5.28. The van der Waals surface area contributed by atoms with Crippen molar-refractivity contribution < 1.29 is 9.59 Å². The average molecular weight is 366 g/mol. The van der Waals surface area contributed by atoms with Crippen LogP contribution in [0, 0.1) is 6.92 Å². The zero-order chi connectivity index (χ0) is 18.5. The number of anilines is 2. The topological polar surface area (TPSA) is 97.1 Å². The zero-order valence-corrected chi connectivity index (χ0v) is 15.0. The quantitative estimate of drug-likeness (QED) is 0.641. The van der Waals surface area contributed by atoms with Crippen molar-refractivity contribution in [3.05, 3.63) is 75.7 Å². The lowest BCUT2D eigenvalue weighted by Gasteiger charge is -2.07. The summed E-state index contributed by atoms with van der Waals surface area (Å²) in [6.45, 7) is 1.82. The van der Waals surface area contributed by atoms with Gasteiger partial charge >= 0.3 is 6.03 Å². The summed E-state index contributed by atoms with van der Waals surface area (Å²) in [5.41, 5.74) is 8.04. The van der Waals surface area contributed by atoms with Crippen LogP contribution in [0.3, 0.4) is 0 Å². The minimum absolute atomic E-state index is 0.226. The van der Waals surface area contributed by atoms with Crippen molar-refractivity contribution in [1.29, 1.82) is 0 Å². The number of carbonyl (C=O) groups is 2. The summed E-state index contributed by atoms with van der Waals surface area (Å²) in [5.74, 6) is -0.226. The number of nitrogens with one attached hydrogen (secondary N) is 2. The van der Waals surface area contributed by atoms with E-state index in [9.17, 15) is 9.59 Å². The number of primary amides is 1. The van der Waals surface area contributed by atoms with Crippen LogP contribution in [0.1, 0.15) is 25.9 Å². The Balaban J connectivity index is 1.73. The molecule has 0 atom stereocenters. The van der Waals surface area contributed by atoms with Gasteiger partial charge in [-0.3, -0.25) is 4.79 Å². The molecule has 4 N–H and O–H groups in total. The highest BCUT2D eigenvalue weighted by Gasteiger charge is 2.16. The van der Waals surface area contributed by atoms with Crippen LogP contribution in [0.4, 0.5) is 16.2 Å². The predicted molar refractivity (Wildman–Crippen MR) is 104 cm³/mol. The molecule has 0 aliphatic heterocycles. The molecule has 3 rings (SSSR count). The number of benzene rings is 2. The van der Waals surface area contributed by atoms with Crippen molar-refractivity contribution in [2.24, 2.45) is 5.73 Å². The number of aromatic nitrogens is 1. The summed E-state index contributed by atoms with van der Waals surface area (Å²) in [5, 5.41) is 6.20. The van der Waals surface area contributed by atoms with Gasteiger partial charge < -0.3 is 16.4 Å². The Hall–Kier alpha value is -3.19. The first-order chi connectivity index (χ1) is 12.5. The van der Waals surface area contributed by atoms with Crippen LogP contribution >= 0.6 is 11.3 Å². The normalized spacial score (nSPS) is 10.3. The molecule has 0 fully saturated rings. The molecule has 132 valence electrons. The molecule has 6 nitrogen and oxygen atoms in total. The van der Waals surface area contributed by atoms with E-state index < -0.39 is 6.03 Å². The van der Waals surface area contributed by atoms with Crippen LogP contribution < -0.4 is 16.4 Å². The number of amides is 3. The Labute approximate surface area is 155 Å². The van der Waals surface area contributed by atoms with E-state index in [1.54, 1.807) is 24.3 Å². The lowest BCUT2D eigenvalue weighted by atomic mass is 10.2. The van der Waals surface area contributed by atoms with E-state index in [0.717, 1.165) is 10.6 Å². The maximum atomic E-state index is 12.6. The third kappa shape index (κ3) is 4.46. The maximum absolute atomic E-state index is 12.6. The number of carbonyl (C=O) groups excluding carboxylic acids is 2. The fourth-order valence-corrected chi connectivity index (χ4v) is 3.51. The van der Waals surface area contributed by atoms with Gasteiger partial charge in [-0.15, -0.1) is 11.3 Å². The number of urea groups is 1. The van der Waals surface area contributed by atoms with E-state index >= 15 is 0 Å². The Bertz CT molecular complexity index is 938. The minimum Gasteiger partial charge on any atom is -0.351 e. The van der Waals surface area contributed by atoms with Gasteiger partial charge in [0.25, 0.3) is 5.91 Å². The molecule has 0 aliphatic rings. The van der Waals surface area contributed by atoms with Gasteiger partial charge in [0.2, 0.25) is 0 Å². The van der Waals surface area contributed by atoms with Crippen molar-refractivity contribution in [3.8, 4) is 0 Å². The van der Waals surface area contributed by atoms with E-state index in [2.05, 4.69) is 15.6 Å². The second-order valence-corrected chi connectivity index (χ2v) is 6.79. The molecule has 2 aromatic carbocycles. The number of thiazole rings is 1. The lowest BCUT2D eigenvalue weighted by molar-refractivity contribution is 0.103. The molecule has 0 bridgehead atoms. The Morgan fingerprint density at radius 2 is 1.73 bits per heavy atom. The van der Waals surface area contributed by atoms with Crippen molar-refractivity contribution in [1.82, 2.24) is 4.98 Å². The summed E-state index contributed by atoms with van der Waals surface area (Å²) >= 11 is 1.38. The molecular formula is C19H18N4O2S. The Morgan fingerprint density at radius 1 is 1.04 bits per heavy atom. The Morgan fingerprint density at radius 3 is 2.42 bits per heavy atom. The summed E-state index contributed by atoms with van der Waals surface area (Å²) < 4.78 is 0. The lowest BCUT2D eigenvalue weighted by Crippen LogP contribution is -2.19. The van der Waals surface area contributed by atoms with Crippen molar-refractivity contribution >= 4 is 34.6 Å². The van der Waals surface area contributed by atoms with Crippen LogP contribution in [0.25, 0.3) is 0 Å². The SMILES string of the molecule is Cc1nc(Cc2ccccc2)sc1C(=O)Nc1cccc(NC(N)=O)c1. The molecule has 0 unspecified atom stereocenters. The van der Waals surface area contributed by atoms with Gasteiger partial charge in [-0.05, 0) is 30.7 Å². The van der Waals surface area contributed by atoms with Gasteiger partial charge in [0.1, 0.15) is 4.88 Å². The zero-order valence-electron chi connectivity index (χ0n) is 14.2. The number of hydrogen-bond donors (Lipinski definition) is 3. The van der Waals surface area contributed by atoms with Crippen LogP contribution in [0.2, 0.25) is 0 Å². The number of rotatable bonds is 5. The minimum atomic E-state index is -0.655. The molecule has 1 aromatic heterocycles. The van der Waals surface area contributed by atoms with Crippen molar-refractivity contribution in [2.45, 2.75) is 13.3 Å². The number of hydrogen-bond acceptors (Lipinski definition) is 4. The van der Waals surface area contributed by atoms with E-state index in [0.29, 0.717) is 28.4 Å². The first kappa shape index (κ1) is 17.6. The van der Waals surface area contributed by atoms with Gasteiger partial charge in [0.15, 0.2) is 0 Å². The molecule has 0 aliphatic carbocycles. The van der Waals surface area contributed by atoms with Gasteiger partial charge in [0.05, 0.1) is 10.7 Å². The predicted octanol–water partition coefficient (Wildman–Crippen LogP) is 3.79. The van der Waals surface area contributed by atoms with Gasteiger partial charge in [-0.25, -0.2) is 9.78 Å². The average Bonchev–Trinajstić information content (AvgIpc) is 2.96. The molecule has 0 saturated heterocycles. The van der Waals surface area contributed by atoms with Crippen LogP contribution in [0.5, 0.6) is 0 Å². The molecule has 0 radical (unpaired) electrons. The standard InChI is InChI=1S/C19H18N4O2S/c1-12-17(26-16(21-12)10-13-6-3-2-4-7-13)18(24)22-14-8-5-9-15(11-14)23-19(20)25/h2-9,11H,10H2,1H3,(H,22,24)(H3,20,23,25). The summed E-state index contributed by atoms with van der Waals surface area (Å²) in [4.78, 5) is 28.6. The molecule has 0 saturated carbocycles. The number of aryl methyl sites for hydroxylation is 1. The molecular weight excluding hydrogens is 348 g/mol. The highest BCUT2D eigenvalue weighted by molar-refractivity contribution is 7.14. The van der Waals surface area contributed by atoms with Gasteiger partial charge in [-0.1, -0.05) is 36.4 Å². The van der Waals surface area contributed by atoms with E-state index in [1.165, 1.54) is 11.3 Å². The summed E-state index contributed by atoms with van der Waals surface area (Å²) in [6, 6.07) is 16.1. The van der Waals surface area contributed by atoms with Gasteiger partial charge in [-0.2, -0.15) is 0 Å². The van der Waals surface area contributed by atoms with Crippen molar-refractivity contribution in [3.63, 3.8) is 0 Å². The monoisotopic (exact) mass is 366 g/mol. The molecule has 3 amide bonds. The van der Waals surface area contributed by atoms with Crippen molar-refractivity contribution in [2.75, 3.05) is 10.6 Å². The van der Waals surface area contributed by atoms with E-state index in [-0.39, 0.29) is 5.91 Å². The highest BCUT2D eigenvalue weighted by atomic mass is 32.1. The second-order valence-electron chi connectivity index (χ2n) is 5.71. The van der Waals surface area contributed by atoms with Crippen LogP contribution in [-0.4, -0.2) is 16.9 Å². The van der Waals surface area contributed by atoms with Gasteiger partial charge in [0, 0.05) is 17.8 Å². The third-order valence-corrected chi connectivity index (χ3v) is 4.79.